The second-order valence-electron chi connectivity index (χ2n) is 5.04. The Kier molecular flexibility index (Phi) is 2.82. The fourth-order valence-corrected chi connectivity index (χ4v) is 2.89. The zero-order valence-electron chi connectivity index (χ0n) is 10.3. The molecule has 0 atom stereocenters. The Morgan fingerprint density at radius 1 is 1.11 bits per heavy atom. The van der Waals surface area contributed by atoms with E-state index in [1.807, 2.05) is 6.07 Å². The molecule has 3 rings (SSSR count). The Balaban J connectivity index is 2.15. The molecule has 1 aromatic heterocycles. The van der Waals surface area contributed by atoms with Crippen LogP contribution in [0.2, 0.25) is 0 Å². The van der Waals surface area contributed by atoms with Crippen molar-refractivity contribution in [2.45, 2.75) is 38.5 Å². The lowest BCUT2D eigenvalue weighted by atomic mass is 9.96. The Bertz CT molecular complexity index is 598. The first kappa shape index (κ1) is 11.3. The van der Waals surface area contributed by atoms with Gasteiger partial charge in [0.15, 0.2) is 0 Å². The maximum atomic E-state index is 10.9. The molecule has 18 heavy (non-hydrogen) atoms. The Labute approximate surface area is 106 Å². The van der Waals surface area contributed by atoms with Crippen molar-refractivity contribution in [3.8, 4) is 0 Å². The molecular formula is C15H16NO2-. The molecular weight excluding hydrogens is 226 g/mol. The van der Waals surface area contributed by atoms with Crippen LogP contribution in [0.5, 0.6) is 0 Å². The maximum absolute atomic E-state index is 10.9. The summed E-state index contributed by atoms with van der Waals surface area (Å²) in [7, 11) is 0. The molecule has 0 amide bonds. The molecule has 0 unspecified atom stereocenters. The number of hydrogen-bond donors (Lipinski definition) is 1. The molecule has 1 aliphatic rings. The minimum atomic E-state index is -1.10. The zero-order chi connectivity index (χ0) is 12.5. The van der Waals surface area contributed by atoms with Gasteiger partial charge in [-0.05, 0) is 48.9 Å². The van der Waals surface area contributed by atoms with Crippen molar-refractivity contribution in [2.24, 2.45) is 0 Å². The number of carbonyl (C=O) groups is 1. The Hall–Kier alpha value is -1.77. The van der Waals surface area contributed by atoms with Crippen molar-refractivity contribution < 1.29 is 9.90 Å². The monoisotopic (exact) mass is 242 g/mol. The second-order valence-corrected chi connectivity index (χ2v) is 5.04. The number of benzene rings is 1. The highest BCUT2D eigenvalue weighted by Crippen LogP contribution is 2.28. The number of aromatic amines is 1. The van der Waals surface area contributed by atoms with Gasteiger partial charge >= 0.3 is 0 Å². The minimum absolute atomic E-state index is 0.270. The van der Waals surface area contributed by atoms with Gasteiger partial charge in [0.25, 0.3) is 0 Å². The standard InChI is InChI=1S/C15H17NO2/c17-15(18)10-7-8-14-12(9-10)11-5-3-1-2-4-6-13(11)16-14/h7-9,16H,1-6H2,(H,17,18)/p-1. The van der Waals surface area contributed by atoms with E-state index in [1.165, 1.54) is 36.9 Å². The lowest BCUT2D eigenvalue weighted by Gasteiger charge is -2.09. The summed E-state index contributed by atoms with van der Waals surface area (Å²) in [5.74, 6) is -1.10. The number of rotatable bonds is 1. The minimum Gasteiger partial charge on any atom is -0.545 e. The number of nitrogens with one attached hydrogen (secondary N) is 1. The molecule has 3 heteroatoms. The third-order valence-electron chi connectivity index (χ3n) is 3.83. The van der Waals surface area contributed by atoms with Crippen LogP contribution in [-0.4, -0.2) is 11.0 Å². The highest BCUT2D eigenvalue weighted by molar-refractivity contribution is 5.94. The van der Waals surface area contributed by atoms with Crippen LogP contribution in [0.3, 0.4) is 0 Å². The largest absolute Gasteiger partial charge is 0.545 e. The predicted molar refractivity (Wildman–Crippen MR) is 68.5 cm³/mol. The second kappa shape index (κ2) is 4.48. The van der Waals surface area contributed by atoms with Crippen molar-refractivity contribution >= 4 is 16.9 Å². The van der Waals surface area contributed by atoms with Crippen LogP contribution in [0, 0.1) is 0 Å². The van der Waals surface area contributed by atoms with Crippen molar-refractivity contribution in [3.05, 3.63) is 35.0 Å². The number of aryl methyl sites for hydroxylation is 2. The van der Waals surface area contributed by atoms with Crippen LogP contribution in [0.15, 0.2) is 18.2 Å². The molecule has 0 aliphatic heterocycles. The number of carboxylic acids is 1. The van der Waals surface area contributed by atoms with Crippen LogP contribution in [-0.2, 0) is 12.8 Å². The molecule has 0 bridgehead atoms. The number of carbonyl (C=O) groups excluding carboxylic acids is 1. The smallest absolute Gasteiger partial charge is 0.0715 e. The summed E-state index contributed by atoms with van der Waals surface area (Å²) in [6.07, 6.45) is 7.09. The first-order valence-corrected chi connectivity index (χ1v) is 6.60. The van der Waals surface area contributed by atoms with E-state index in [2.05, 4.69) is 4.98 Å². The molecule has 1 heterocycles. The molecule has 0 spiro atoms. The van der Waals surface area contributed by atoms with Gasteiger partial charge < -0.3 is 14.9 Å². The third kappa shape index (κ3) is 1.90. The molecule has 94 valence electrons. The summed E-state index contributed by atoms with van der Waals surface area (Å²) < 4.78 is 0. The van der Waals surface area contributed by atoms with Gasteiger partial charge in [-0.1, -0.05) is 18.9 Å². The van der Waals surface area contributed by atoms with Crippen LogP contribution in [0.4, 0.5) is 0 Å². The van der Waals surface area contributed by atoms with Gasteiger partial charge in [-0.3, -0.25) is 0 Å². The van der Waals surface area contributed by atoms with Crippen molar-refractivity contribution in [1.82, 2.24) is 4.98 Å². The molecule has 0 radical (unpaired) electrons. The number of fused-ring (bicyclic) bond motifs is 3. The topological polar surface area (TPSA) is 55.9 Å². The zero-order valence-corrected chi connectivity index (χ0v) is 10.3. The number of carboxylic acid groups (broad SMARTS) is 1. The van der Waals surface area contributed by atoms with Gasteiger partial charge in [0.05, 0.1) is 5.97 Å². The highest BCUT2D eigenvalue weighted by Gasteiger charge is 2.13. The van der Waals surface area contributed by atoms with Gasteiger partial charge in [-0.15, -0.1) is 0 Å². The van der Waals surface area contributed by atoms with E-state index >= 15 is 0 Å². The number of aromatic carboxylic acids is 1. The molecule has 1 aliphatic carbocycles. The summed E-state index contributed by atoms with van der Waals surface area (Å²) in [4.78, 5) is 14.4. The molecule has 0 saturated heterocycles. The lowest BCUT2D eigenvalue weighted by molar-refractivity contribution is -0.255. The van der Waals surface area contributed by atoms with Crippen LogP contribution >= 0.6 is 0 Å². The first-order valence-electron chi connectivity index (χ1n) is 6.60. The molecule has 1 aromatic carbocycles. The van der Waals surface area contributed by atoms with E-state index in [1.54, 1.807) is 12.1 Å². The maximum Gasteiger partial charge on any atom is 0.0715 e. The SMILES string of the molecule is O=C([O-])c1ccc2[nH]c3c(c2c1)CCCCCC3. The fourth-order valence-electron chi connectivity index (χ4n) is 2.89. The van der Waals surface area contributed by atoms with Crippen LogP contribution < -0.4 is 5.11 Å². The Morgan fingerprint density at radius 2 is 1.89 bits per heavy atom. The average molecular weight is 242 g/mol. The molecule has 2 aromatic rings. The summed E-state index contributed by atoms with van der Waals surface area (Å²) in [6.45, 7) is 0. The summed E-state index contributed by atoms with van der Waals surface area (Å²) in [5, 5.41) is 12.0. The van der Waals surface area contributed by atoms with Gasteiger partial charge in [0, 0.05) is 16.6 Å². The van der Waals surface area contributed by atoms with Crippen molar-refractivity contribution in [2.75, 3.05) is 0 Å². The normalized spacial score (nSPS) is 16.0. The van der Waals surface area contributed by atoms with E-state index in [0.29, 0.717) is 0 Å². The lowest BCUT2D eigenvalue weighted by Crippen LogP contribution is -2.21. The highest BCUT2D eigenvalue weighted by atomic mass is 16.4. The third-order valence-corrected chi connectivity index (χ3v) is 3.83. The van der Waals surface area contributed by atoms with Gasteiger partial charge in [-0.2, -0.15) is 0 Å². The van der Waals surface area contributed by atoms with Gasteiger partial charge in [0.1, 0.15) is 0 Å². The summed E-state index contributed by atoms with van der Waals surface area (Å²) in [5.41, 5.74) is 3.92. The number of hydrogen-bond acceptors (Lipinski definition) is 2. The van der Waals surface area contributed by atoms with Crippen LogP contribution in [0.1, 0.15) is 47.3 Å². The van der Waals surface area contributed by atoms with E-state index in [-0.39, 0.29) is 5.56 Å². The van der Waals surface area contributed by atoms with Crippen molar-refractivity contribution in [1.29, 1.82) is 0 Å². The molecule has 0 fully saturated rings. The Morgan fingerprint density at radius 3 is 2.67 bits per heavy atom. The average Bonchev–Trinajstić information content (AvgIpc) is 2.65. The van der Waals surface area contributed by atoms with Crippen molar-refractivity contribution in [3.63, 3.8) is 0 Å². The van der Waals surface area contributed by atoms with Gasteiger partial charge in [0.2, 0.25) is 0 Å². The molecule has 3 nitrogen and oxygen atoms in total. The quantitative estimate of drug-likeness (QED) is 0.833. The first-order chi connectivity index (χ1) is 8.75. The molecule has 1 N–H and O–H groups in total. The van der Waals surface area contributed by atoms with E-state index in [9.17, 15) is 9.90 Å². The number of H-pyrrole nitrogens is 1. The predicted octanol–water partition coefficient (Wildman–Crippen LogP) is 2.19. The van der Waals surface area contributed by atoms with Crippen LogP contribution in [0.25, 0.3) is 10.9 Å². The number of aromatic nitrogens is 1. The van der Waals surface area contributed by atoms with E-state index < -0.39 is 5.97 Å². The summed E-state index contributed by atoms with van der Waals surface area (Å²) >= 11 is 0. The van der Waals surface area contributed by atoms with E-state index in [0.717, 1.165) is 23.7 Å². The molecule has 0 saturated carbocycles. The van der Waals surface area contributed by atoms with Gasteiger partial charge in [-0.25, -0.2) is 0 Å². The van der Waals surface area contributed by atoms with E-state index in [4.69, 9.17) is 0 Å². The fraction of sp³-hybridized carbons (Fsp3) is 0.400. The summed E-state index contributed by atoms with van der Waals surface area (Å²) in [6, 6.07) is 5.22.